The Hall–Kier alpha value is -1.17. The monoisotopic (exact) mass is 505 g/mol. The Kier molecular flexibility index (Phi) is 11.7. The van der Waals surface area contributed by atoms with Gasteiger partial charge in [-0.05, 0) is 32.4 Å². The molecular weight excluding hydrogens is 479 g/mol. The van der Waals surface area contributed by atoms with Crippen LogP contribution in [0.1, 0.15) is 20.3 Å². The summed E-state index contributed by atoms with van der Waals surface area (Å²) in [6.07, 6.45) is 1.66. The van der Waals surface area contributed by atoms with Crippen molar-refractivity contribution >= 4 is 39.8 Å². The van der Waals surface area contributed by atoms with E-state index in [9.17, 15) is 17.2 Å². The Morgan fingerprint density at radius 2 is 2.04 bits per heavy atom. The fourth-order valence-corrected chi connectivity index (χ4v) is 2.70. The second-order valence-corrected chi connectivity index (χ2v) is 7.91. The van der Waals surface area contributed by atoms with Crippen LogP contribution in [0.15, 0.2) is 23.2 Å². The molecule has 0 heterocycles. The largest absolute Gasteiger partial charge is 0.489 e. The third-order valence-electron chi connectivity index (χ3n) is 3.16. The van der Waals surface area contributed by atoms with Gasteiger partial charge in [0.05, 0.1) is 12.3 Å². The number of sulfone groups is 1. The molecule has 6 nitrogen and oxygen atoms in total. The quantitative estimate of drug-likeness (QED) is 0.233. The Labute approximate surface area is 170 Å². The van der Waals surface area contributed by atoms with Crippen LogP contribution in [-0.4, -0.2) is 52.1 Å². The fourth-order valence-electron chi connectivity index (χ4n) is 1.92. The van der Waals surface area contributed by atoms with Gasteiger partial charge in [0.2, 0.25) is 0 Å². The zero-order chi connectivity index (χ0) is 18.9. The lowest BCUT2D eigenvalue weighted by Gasteiger charge is -2.17. The lowest BCUT2D eigenvalue weighted by atomic mass is 10.3. The summed E-state index contributed by atoms with van der Waals surface area (Å²) < 4.78 is 53.9. The Balaban J connectivity index is 0.00000625. The Morgan fingerprint density at radius 1 is 1.35 bits per heavy atom. The van der Waals surface area contributed by atoms with Gasteiger partial charge in [-0.2, -0.15) is 0 Å². The number of hydrogen-bond donors (Lipinski definition) is 2. The SMILES string of the molecule is CCNC(=NCCOc1ccc(F)cc1F)NC(C)CCS(C)(=O)=O.I. The number of rotatable bonds is 9. The maximum absolute atomic E-state index is 13.4. The van der Waals surface area contributed by atoms with Gasteiger partial charge >= 0.3 is 0 Å². The molecule has 0 spiro atoms. The number of benzene rings is 1. The predicted octanol–water partition coefficient (Wildman–Crippen LogP) is 2.34. The van der Waals surface area contributed by atoms with Gasteiger partial charge < -0.3 is 15.4 Å². The lowest BCUT2D eigenvalue weighted by Crippen LogP contribution is -2.43. The van der Waals surface area contributed by atoms with Gasteiger partial charge in [-0.15, -0.1) is 24.0 Å². The van der Waals surface area contributed by atoms with Crippen LogP contribution < -0.4 is 15.4 Å². The highest BCUT2D eigenvalue weighted by Gasteiger charge is 2.09. The van der Waals surface area contributed by atoms with E-state index in [0.29, 0.717) is 18.9 Å². The summed E-state index contributed by atoms with van der Waals surface area (Å²) >= 11 is 0. The van der Waals surface area contributed by atoms with Crippen LogP contribution in [0.3, 0.4) is 0 Å². The minimum Gasteiger partial charge on any atom is -0.489 e. The minimum absolute atomic E-state index is 0. The summed E-state index contributed by atoms with van der Waals surface area (Å²) in [5, 5.41) is 6.14. The van der Waals surface area contributed by atoms with Crippen LogP contribution in [0.25, 0.3) is 0 Å². The van der Waals surface area contributed by atoms with Gasteiger partial charge in [-0.25, -0.2) is 22.2 Å². The number of guanidine groups is 1. The first-order valence-electron chi connectivity index (χ1n) is 8.01. The second kappa shape index (κ2) is 12.3. The smallest absolute Gasteiger partial charge is 0.191 e. The summed E-state index contributed by atoms with van der Waals surface area (Å²) in [4.78, 5) is 4.28. The summed E-state index contributed by atoms with van der Waals surface area (Å²) in [7, 11) is -3.01. The van der Waals surface area contributed by atoms with Crippen molar-refractivity contribution in [3.63, 3.8) is 0 Å². The van der Waals surface area contributed by atoms with E-state index in [-0.39, 0.29) is 54.7 Å². The highest BCUT2D eigenvalue weighted by molar-refractivity contribution is 14.0. The van der Waals surface area contributed by atoms with Gasteiger partial charge in [-0.3, -0.25) is 0 Å². The summed E-state index contributed by atoms with van der Waals surface area (Å²) in [5.41, 5.74) is 0. The maximum Gasteiger partial charge on any atom is 0.191 e. The maximum atomic E-state index is 13.4. The van der Waals surface area contributed by atoms with Gasteiger partial charge in [-0.1, -0.05) is 0 Å². The molecule has 1 rings (SSSR count). The molecule has 0 bridgehead atoms. The molecule has 0 radical (unpaired) electrons. The van der Waals surface area contributed by atoms with E-state index in [1.54, 1.807) is 0 Å². The van der Waals surface area contributed by atoms with Gasteiger partial charge in [0, 0.05) is 24.9 Å². The molecule has 1 aromatic carbocycles. The van der Waals surface area contributed by atoms with Crippen LogP contribution in [0.2, 0.25) is 0 Å². The van der Waals surface area contributed by atoms with Crippen LogP contribution in [0.5, 0.6) is 5.75 Å². The van der Waals surface area contributed by atoms with Gasteiger partial charge in [0.15, 0.2) is 17.5 Å². The predicted molar refractivity (Wildman–Crippen MR) is 110 cm³/mol. The molecule has 0 aromatic heterocycles. The summed E-state index contributed by atoms with van der Waals surface area (Å²) in [6, 6.07) is 3.03. The third kappa shape index (κ3) is 10.7. The zero-order valence-corrected chi connectivity index (χ0v) is 18.2. The fraction of sp³-hybridized carbons (Fsp3) is 0.562. The van der Waals surface area contributed by atoms with E-state index in [4.69, 9.17) is 4.74 Å². The molecule has 0 saturated carbocycles. The molecule has 0 aliphatic heterocycles. The average Bonchev–Trinajstić information content (AvgIpc) is 2.50. The second-order valence-electron chi connectivity index (χ2n) is 5.65. The third-order valence-corrected chi connectivity index (χ3v) is 4.14. The molecular formula is C16H26F2IN3O3S. The molecule has 1 aromatic rings. The number of halogens is 3. The van der Waals surface area contributed by atoms with Crippen molar-refractivity contribution < 1.29 is 21.9 Å². The topological polar surface area (TPSA) is 79.8 Å². The van der Waals surface area contributed by atoms with Crippen molar-refractivity contribution in [2.75, 3.05) is 31.7 Å². The van der Waals surface area contributed by atoms with Crippen molar-refractivity contribution in [1.29, 1.82) is 0 Å². The van der Waals surface area contributed by atoms with E-state index in [0.717, 1.165) is 12.1 Å². The van der Waals surface area contributed by atoms with E-state index in [2.05, 4.69) is 15.6 Å². The molecule has 0 fully saturated rings. The molecule has 1 unspecified atom stereocenters. The van der Waals surface area contributed by atoms with E-state index in [1.165, 1.54) is 12.3 Å². The Morgan fingerprint density at radius 3 is 2.62 bits per heavy atom. The highest BCUT2D eigenvalue weighted by Crippen LogP contribution is 2.17. The van der Waals surface area contributed by atoms with Crippen LogP contribution in [0.4, 0.5) is 8.78 Å². The van der Waals surface area contributed by atoms with Gasteiger partial charge in [0.25, 0.3) is 0 Å². The molecule has 26 heavy (non-hydrogen) atoms. The van der Waals surface area contributed by atoms with Crippen LogP contribution >= 0.6 is 24.0 Å². The lowest BCUT2D eigenvalue weighted by molar-refractivity contribution is 0.310. The first-order chi connectivity index (χ1) is 11.7. The van der Waals surface area contributed by atoms with Gasteiger partial charge in [0.1, 0.15) is 22.3 Å². The van der Waals surface area contributed by atoms with Crippen LogP contribution in [-0.2, 0) is 9.84 Å². The Bertz CT molecular complexity index is 687. The van der Waals surface area contributed by atoms with E-state index in [1.807, 2.05) is 13.8 Å². The molecule has 0 aliphatic carbocycles. The number of nitrogens with zero attached hydrogens (tertiary/aromatic N) is 1. The van der Waals surface area contributed by atoms with E-state index < -0.39 is 21.5 Å². The number of nitrogens with one attached hydrogen (secondary N) is 2. The molecule has 10 heteroatoms. The summed E-state index contributed by atoms with van der Waals surface area (Å²) in [6.45, 7) is 4.78. The van der Waals surface area contributed by atoms with Crippen LogP contribution in [0, 0.1) is 11.6 Å². The summed E-state index contributed by atoms with van der Waals surface area (Å²) in [5.74, 6) is -0.844. The molecule has 0 saturated heterocycles. The van der Waals surface area contributed by atoms with Crippen molar-refractivity contribution in [3.8, 4) is 5.75 Å². The molecule has 150 valence electrons. The zero-order valence-electron chi connectivity index (χ0n) is 15.1. The average molecular weight is 505 g/mol. The van der Waals surface area contributed by atoms with Crippen molar-refractivity contribution in [2.45, 2.75) is 26.3 Å². The number of hydrogen-bond acceptors (Lipinski definition) is 4. The van der Waals surface area contributed by atoms with Crippen molar-refractivity contribution in [1.82, 2.24) is 10.6 Å². The standard InChI is InChI=1S/C16H25F2N3O3S.HI/c1-4-19-16(21-12(2)7-10-25(3,22)23)20-8-9-24-15-6-5-13(17)11-14(15)18;/h5-6,11-12H,4,7-10H2,1-3H3,(H2,19,20,21);1H. The van der Waals surface area contributed by atoms with Crippen molar-refractivity contribution in [3.05, 3.63) is 29.8 Å². The minimum atomic E-state index is -3.01. The van der Waals surface area contributed by atoms with E-state index >= 15 is 0 Å². The number of ether oxygens (including phenoxy) is 1. The normalized spacial score (nSPS) is 12.9. The molecule has 0 amide bonds. The first-order valence-corrected chi connectivity index (χ1v) is 10.1. The van der Waals surface area contributed by atoms with Crippen molar-refractivity contribution in [2.24, 2.45) is 4.99 Å². The molecule has 2 N–H and O–H groups in total. The molecule has 0 aliphatic rings. The highest BCUT2D eigenvalue weighted by atomic mass is 127. The molecule has 1 atom stereocenters. The first kappa shape index (κ1) is 24.8. The number of aliphatic imine (C=N–C) groups is 1.